The van der Waals surface area contributed by atoms with Crippen molar-refractivity contribution in [2.24, 2.45) is 0 Å². The number of carbonyl (C=O) groups excluding carboxylic acids is 1. The van der Waals surface area contributed by atoms with Crippen molar-refractivity contribution in [3.05, 3.63) is 75.3 Å². The van der Waals surface area contributed by atoms with Crippen molar-refractivity contribution >= 4 is 17.4 Å². The Kier molecular flexibility index (Phi) is 5.67. The third-order valence-corrected chi connectivity index (χ3v) is 6.17. The highest BCUT2D eigenvalue weighted by Gasteiger charge is 2.28. The average molecular weight is 411 g/mol. The summed E-state index contributed by atoms with van der Waals surface area (Å²) in [5.41, 5.74) is 4.30. The number of aromatic nitrogens is 3. The van der Waals surface area contributed by atoms with Crippen LogP contribution < -0.4 is 0 Å². The molecular formula is C22H23FN4OS. The van der Waals surface area contributed by atoms with E-state index in [0.717, 1.165) is 47.9 Å². The molecule has 3 heterocycles. The van der Waals surface area contributed by atoms with E-state index in [1.165, 1.54) is 6.07 Å². The Labute approximate surface area is 173 Å². The molecule has 1 saturated heterocycles. The first-order valence-corrected chi connectivity index (χ1v) is 10.6. The molecule has 150 valence electrons. The molecule has 7 heteroatoms. The van der Waals surface area contributed by atoms with Crippen LogP contribution in [-0.2, 0) is 6.42 Å². The molecule has 5 nitrogen and oxygen atoms in total. The predicted octanol–water partition coefficient (Wildman–Crippen LogP) is 4.30. The maximum atomic E-state index is 14.1. The first kappa shape index (κ1) is 19.6. The number of nitrogens with zero attached hydrogens (tertiary/aromatic N) is 4. The van der Waals surface area contributed by atoms with Crippen LogP contribution in [0.4, 0.5) is 4.39 Å². The Morgan fingerprint density at radius 2 is 2.10 bits per heavy atom. The molecule has 1 atom stereocenters. The molecule has 0 spiro atoms. The van der Waals surface area contributed by atoms with Crippen molar-refractivity contribution in [3.63, 3.8) is 0 Å². The molecule has 1 aliphatic rings. The summed E-state index contributed by atoms with van der Waals surface area (Å²) in [7, 11) is 0. The van der Waals surface area contributed by atoms with Gasteiger partial charge in [0, 0.05) is 36.8 Å². The largest absolute Gasteiger partial charge is 0.337 e. The zero-order valence-corrected chi connectivity index (χ0v) is 17.4. The van der Waals surface area contributed by atoms with Gasteiger partial charge in [0.2, 0.25) is 0 Å². The van der Waals surface area contributed by atoms with Crippen LogP contribution in [-0.4, -0.2) is 38.5 Å². The van der Waals surface area contributed by atoms with Crippen molar-refractivity contribution in [1.29, 1.82) is 0 Å². The quantitative estimate of drug-likeness (QED) is 0.643. The van der Waals surface area contributed by atoms with Crippen LogP contribution in [0.3, 0.4) is 0 Å². The Balaban J connectivity index is 1.54. The first-order chi connectivity index (χ1) is 14.0. The second-order valence-electron chi connectivity index (χ2n) is 7.59. The third-order valence-electron chi connectivity index (χ3n) is 5.36. The number of aryl methyl sites for hydroxylation is 2. The Bertz CT molecular complexity index is 1040. The lowest BCUT2D eigenvalue weighted by atomic mass is 9.92. The van der Waals surface area contributed by atoms with Gasteiger partial charge in [0.05, 0.1) is 5.69 Å². The Morgan fingerprint density at radius 1 is 1.28 bits per heavy atom. The summed E-state index contributed by atoms with van der Waals surface area (Å²) in [6.45, 7) is 5.15. The topological polar surface area (TPSA) is 59.0 Å². The zero-order chi connectivity index (χ0) is 20.4. The minimum Gasteiger partial charge on any atom is -0.337 e. The van der Waals surface area contributed by atoms with Gasteiger partial charge in [-0.3, -0.25) is 9.78 Å². The van der Waals surface area contributed by atoms with E-state index < -0.39 is 0 Å². The van der Waals surface area contributed by atoms with Crippen molar-refractivity contribution < 1.29 is 9.18 Å². The van der Waals surface area contributed by atoms with E-state index in [1.807, 2.05) is 36.9 Å². The van der Waals surface area contributed by atoms with E-state index in [2.05, 4.69) is 15.7 Å². The summed E-state index contributed by atoms with van der Waals surface area (Å²) in [5.74, 6) is -0.0129. The summed E-state index contributed by atoms with van der Waals surface area (Å²) in [5, 5.41) is 3.96. The van der Waals surface area contributed by atoms with Gasteiger partial charge in [-0.2, -0.15) is 0 Å². The van der Waals surface area contributed by atoms with Gasteiger partial charge in [-0.1, -0.05) is 22.7 Å². The number of likely N-dealkylation sites (tertiary alicyclic amines) is 1. The monoisotopic (exact) mass is 410 g/mol. The molecule has 0 saturated carbocycles. The summed E-state index contributed by atoms with van der Waals surface area (Å²) < 4.78 is 18.0. The van der Waals surface area contributed by atoms with Crippen molar-refractivity contribution in [2.45, 2.75) is 39.0 Å². The van der Waals surface area contributed by atoms with Gasteiger partial charge in [-0.25, -0.2) is 4.39 Å². The smallest absolute Gasteiger partial charge is 0.267 e. The molecule has 0 aliphatic carbocycles. The highest BCUT2D eigenvalue weighted by molar-refractivity contribution is 7.07. The molecule has 4 rings (SSSR count). The van der Waals surface area contributed by atoms with E-state index >= 15 is 0 Å². The van der Waals surface area contributed by atoms with Crippen molar-refractivity contribution in [2.75, 3.05) is 13.1 Å². The fraction of sp³-hybridized carbons (Fsp3) is 0.364. The lowest BCUT2D eigenvalue weighted by Gasteiger charge is -2.32. The number of piperidine rings is 1. The molecule has 1 unspecified atom stereocenters. The number of rotatable bonds is 4. The van der Waals surface area contributed by atoms with Crippen molar-refractivity contribution in [1.82, 2.24) is 19.5 Å². The number of benzene rings is 1. The minimum atomic E-state index is -0.188. The molecular weight excluding hydrogens is 387 g/mol. The van der Waals surface area contributed by atoms with Crippen LogP contribution in [0.2, 0.25) is 0 Å². The van der Waals surface area contributed by atoms with Crippen LogP contribution in [0.1, 0.15) is 56.6 Å². The van der Waals surface area contributed by atoms with E-state index in [9.17, 15) is 9.18 Å². The minimum absolute atomic E-state index is 0.00133. The molecule has 1 aromatic carbocycles. The molecule has 29 heavy (non-hydrogen) atoms. The number of carbonyl (C=O) groups is 1. The second kappa shape index (κ2) is 8.37. The number of halogens is 1. The standard InChI is InChI=1S/C22H23FN4OS/c1-14-10-16(11-17-6-3-4-8-19(17)23)12-20(24-14)18-7-5-9-27(13-18)22(28)21-15(2)25-26-29-21/h3-4,6,8,10,12,18H,5,7,9,11,13H2,1-2H3. The lowest BCUT2D eigenvalue weighted by Crippen LogP contribution is -2.39. The summed E-state index contributed by atoms with van der Waals surface area (Å²) in [4.78, 5) is 20.1. The van der Waals surface area contributed by atoms with Gasteiger partial charge < -0.3 is 4.90 Å². The number of amides is 1. The van der Waals surface area contributed by atoms with Crippen LogP contribution >= 0.6 is 11.5 Å². The van der Waals surface area contributed by atoms with Gasteiger partial charge >= 0.3 is 0 Å². The molecule has 0 bridgehead atoms. The van der Waals surface area contributed by atoms with E-state index in [-0.39, 0.29) is 17.6 Å². The summed E-state index contributed by atoms with van der Waals surface area (Å²) in [6.07, 6.45) is 2.45. The Hall–Kier alpha value is -2.67. The van der Waals surface area contributed by atoms with Crippen LogP contribution in [0.25, 0.3) is 0 Å². The highest BCUT2D eigenvalue weighted by Crippen LogP contribution is 2.29. The third kappa shape index (κ3) is 4.34. The number of hydrogen-bond donors (Lipinski definition) is 0. The molecule has 3 aromatic rings. The van der Waals surface area contributed by atoms with Crippen molar-refractivity contribution in [3.8, 4) is 0 Å². The summed E-state index contributed by atoms with van der Waals surface area (Å²) in [6, 6.07) is 10.9. The van der Waals surface area contributed by atoms with Gasteiger partial charge in [0.15, 0.2) is 0 Å². The van der Waals surface area contributed by atoms with Crippen LogP contribution in [0.5, 0.6) is 0 Å². The zero-order valence-electron chi connectivity index (χ0n) is 16.6. The molecule has 1 amide bonds. The average Bonchev–Trinajstić information content (AvgIpc) is 3.15. The fourth-order valence-electron chi connectivity index (χ4n) is 3.92. The lowest BCUT2D eigenvalue weighted by molar-refractivity contribution is 0.0710. The molecule has 1 aliphatic heterocycles. The molecule has 0 radical (unpaired) electrons. The van der Waals surface area contributed by atoms with Gasteiger partial charge in [0.1, 0.15) is 10.7 Å². The normalized spacial score (nSPS) is 16.8. The predicted molar refractivity (Wildman–Crippen MR) is 111 cm³/mol. The maximum absolute atomic E-state index is 14.1. The first-order valence-electron chi connectivity index (χ1n) is 9.80. The van der Waals surface area contributed by atoms with E-state index in [1.54, 1.807) is 6.07 Å². The number of pyridine rings is 1. The van der Waals surface area contributed by atoms with E-state index in [4.69, 9.17) is 4.98 Å². The van der Waals surface area contributed by atoms with Gasteiger partial charge in [0.25, 0.3) is 5.91 Å². The van der Waals surface area contributed by atoms with Gasteiger partial charge in [-0.15, -0.1) is 5.10 Å². The Morgan fingerprint density at radius 3 is 2.86 bits per heavy atom. The molecule has 1 fully saturated rings. The highest BCUT2D eigenvalue weighted by atomic mass is 32.1. The van der Waals surface area contributed by atoms with Crippen LogP contribution in [0, 0.1) is 19.7 Å². The number of hydrogen-bond acceptors (Lipinski definition) is 5. The fourth-order valence-corrected chi connectivity index (χ4v) is 4.54. The maximum Gasteiger partial charge on any atom is 0.267 e. The van der Waals surface area contributed by atoms with E-state index in [0.29, 0.717) is 29.1 Å². The van der Waals surface area contributed by atoms with Crippen LogP contribution in [0.15, 0.2) is 36.4 Å². The SMILES string of the molecule is Cc1cc(Cc2ccccc2F)cc(C2CCCN(C(=O)c3snnc3C)C2)n1. The second-order valence-corrected chi connectivity index (χ2v) is 8.34. The van der Waals surface area contributed by atoms with Gasteiger partial charge in [-0.05, 0) is 67.5 Å². The molecule has 0 N–H and O–H groups in total. The summed E-state index contributed by atoms with van der Waals surface area (Å²) >= 11 is 1.15. The molecule has 2 aromatic heterocycles.